The molecular formula is C24H21F2N7O2S. The molecule has 12 heteroatoms. The molecule has 0 saturated carbocycles. The van der Waals surface area contributed by atoms with Gasteiger partial charge in [-0.3, -0.25) is 13.9 Å². The zero-order valence-electron chi connectivity index (χ0n) is 19.0. The summed E-state index contributed by atoms with van der Waals surface area (Å²) in [6, 6.07) is 9.75. The summed E-state index contributed by atoms with van der Waals surface area (Å²) in [5.74, 6) is -0.801. The monoisotopic (exact) mass is 509 g/mol. The summed E-state index contributed by atoms with van der Waals surface area (Å²) in [7, 11) is 0. The Morgan fingerprint density at radius 3 is 2.72 bits per heavy atom. The van der Waals surface area contributed by atoms with Crippen LogP contribution in [0, 0.1) is 23.0 Å². The molecule has 0 unspecified atom stereocenters. The maximum atomic E-state index is 14.5. The molecular weight excluding hydrogens is 488 g/mol. The van der Waals surface area contributed by atoms with Crippen LogP contribution in [0.1, 0.15) is 29.5 Å². The van der Waals surface area contributed by atoms with Crippen LogP contribution in [0.5, 0.6) is 0 Å². The maximum absolute atomic E-state index is 14.5. The van der Waals surface area contributed by atoms with Gasteiger partial charge in [0.15, 0.2) is 5.82 Å². The second kappa shape index (κ2) is 9.60. The fourth-order valence-electron chi connectivity index (χ4n) is 4.53. The van der Waals surface area contributed by atoms with Crippen molar-refractivity contribution < 1.29 is 8.78 Å². The van der Waals surface area contributed by atoms with Crippen molar-refractivity contribution in [3.63, 3.8) is 0 Å². The molecule has 1 aliphatic rings. The van der Waals surface area contributed by atoms with Gasteiger partial charge in [-0.25, -0.2) is 13.6 Å². The third-order valence-corrected chi connectivity index (χ3v) is 6.81. The summed E-state index contributed by atoms with van der Waals surface area (Å²) in [4.78, 5) is 28.7. The van der Waals surface area contributed by atoms with Crippen LogP contribution in [0.4, 0.5) is 14.6 Å². The van der Waals surface area contributed by atoms with Gasteiger partial charge in [-0.15, -0.1) is 0 Å². The van der Waals surface area contributed by atoms with Crippen molar-refractivity contribution in [1.82, 2.24) is 17.9 Å². The number of hydrogen-bond acceptors (Lipinski definition) is 8. The number of piperidine rings is 1. The molecule has 0 aliphatic carbocycles. The molecule has 1 fully saturated rings. The van der Waals surface area contributed by atoms with E-state index in [9.17, 15) is 23.6 Å². The zero-order chi connectivity index (χ0) is 25.4. The van der Waals surface area contributed by atoms with Gasteiger partial charge < -0.3 is 10.6 Å². The Kier molecular flexibility index (Phi) is 6.34. The molecule has 1 saturated heterocycles. The summed E-state index contributed by atoms with van der Waals surface area (Å²) in [6.45, 7) is 0.694. The Morgan fingerprint density at radius 2 is 1.94 bits per heavy atom. The van der Waals surface area contributed by atoms with E-state index in [0.717, 1.165) is 29.1 Å². The van der Waals surface area contributed by atoms with Gasteiger partial charge >= 0.3 is 5.69 Å². The molecule has 3 heterocycles. The minimum Gasteiger partial charge on any atom is -0.356 e. The number of nitrogens with zero attached hydrogens (tertiary/aromatic N) is 6. The van der Waals surface area contributed by atoms with Crippen LogP contribution in [0.3, 0.4) is 0 Å². The average Bonchev–Trinajstić information content (AvgIpc) is 3.33. The number of anilines is 1. The molecule has 0 radical (unpaired) electrons. The van der Waals surface area contributed by atoms with Crippen LogP contribution in [-0.4, -0.2) is 37.0 Å². The fraction of sp³-hybridized carbons (Fsp3) is 0.292. The van der Waals surface area contributed by atoms with Crippen LogP contribution in [0.25, 0.3) is 11.0 Å². The summed E-state index contributed by atoms with van der Waals surface area (Å²) < 4.78 is 38.8. The van der Waals surface area contributed by atoms with E-state index in [1.165, 1.54) is 34.9 Å². The second-order valence-electron chi connectivity index (χ2n) is 8.77. The molecule has 2 aromatic heterocycles. The minimum absolute atomic E-state index is 0.125. The Balaban J connectivity index is 1.64. The topological polar surface area (TPSA) is 123 Å². The number of aromatic nitrogens is 4. The van der Waals surface area contributed by atoms with Crippen molar-refractivity contribution in [2.75, 3.05) is 18.0 Å². The molecule has 2 aromatic carbocycles. The van der Waals surface area contributed by atoms with Crippen molar-refractivity contribution in [2.24, 2.45) is 5.73 Å². The van der Waals surface area contributed by atoms with E-state index in [-0.39, 0.29) is 30.2 Å². The molecule has 1 atom stereocenters. The van der Waals surface area contributed by atoms with Crippen molar-refractivity contribution in [1.29, 1.82) is 5.26 Å². The van der Waals surface area contributed by atoms with E-state index in [0.29, 0.717) is 35.6 Å². The number of rotatable bonds is 5. The highest BCUT2D eigenvalue weighted by Crippen LogP contribution is 2.21. The van der Waals surface area contributed by atoms with Gasteiger partial charge in [-0.05, 0) is 54.3 Å². The van der Waals surface area contributed by atoms with Crippen LogP contribution >= 0.6 is 11.7 Å². The average molecular weight is 510 g/mol. The van der Waals surface area contributed by atoms with Crippen LogP contribution in [0.15, 0.2) is 46.0 Å². The van der Waals surface area contributed by atoms with Crippen LogP contribution < -0.4 is 21.9 Å². The largest absolute Gasteiger partial charge is 0.356 e. The Hall–Kier alpha value is -3.95. The fourth-order valence-corrected chi connectivity index (χ4v) is 5.06. The van der Waals surface area contributed by atoms with Gasteiger partial charge in [-0.2, -0.15) is 14.0 Å². The van der Waals surface area contributed by atoms with Crippen LogP contribution in [0.2, 0.25) is 0 Å². The molecule has 5 rings (SSSR count). The summed E-state index contributed by atoms with van der Waals surface area (Å²) in [5.41, 5.74) is 6.25. The smallest absolute Gasteiger partial charge is 0.333 e. The Labute approximate surface area is 208 Å². The number of nitrogens with two attached hydrogens (primary N) is 1. The molecule has 0 amide bonds. The lowest BCUT2D eigenvalue weighted by Gasteiger charge is -2.34. The first-order valence-corrected chi connectivity index (χ1v) is 12.0. The number of hydrogen-bond donors (Lipinski definition) is 1. The van der Waals surface area contributed by atoms with E-state index in [2.05, 4.69) is 8.75 Å². The predicted molar refractivity (Wildman–Crippen MR) is 131 cm³/mol. The summed E-state index contributed by atoms with van der Waals surface area (Å²) in [6.07, 6.45) is 1.60. The third kappa shape index (κ3) is 4.50. The molecule has 9 nitrogen and oxygen atoms in total. The lowest BCUT2D eigenvalue weighted by molar-refractivity contribution is 0.489. The molecule has 1 aliphatic heterocycles. The van der Waals surface area contributed by atoms with Crippen molar-refractivity contribution in [2.45, 2.75) is 32.0 Å². The number of halogens is 2. The number of benzene rings is 2. The lowest BCUT2D eigenvalue weighted by Crippen LogP contribution is -2.48. The Bertz CT molecular complexity index is 1620. The molecule has 0 bridgehead atoms. The highest BCUT2D eigenvalue weighted by Gasteiger charge is 2.23. The van der Waals surface area contributed by atoms with E-state index >= 15 is 0 Å². The highest BCUT2D eigenvalue weighted by atomic mass is 32.1. The molecule has 0 spiro atoms. The molecule has 4 aromatic rings. The van der Waals surface area contributed by atoms with Crippen LogP contribution in [-0.2, 0) is 13.1 Å². The van der Waals surface area contributed by atoms with Gasteiger partial charge in [0.2, 0.25) is 0 Å². The molecule has 184 valence electrons. The normalized spacial score (nSPS) is 15.8. The van der Waals surface area contributed by atoms with E-state index in [1.807, 2.05) is 11.0 Å². The van der Waals surface area contributed by atoms with Gasteiger partial charge in [0.05, 0.1) is 36.5 Å². The van der Waals surface area contributed by atoms with Crippen molar-refractivity contribution >= 4 is 28.6 Å². The maximum Gasteiger partial charge on any atom is 0.333 e. The predicted octanol–water partition coefficient (Wildman–Crippen LogP) is 2.19. The highest BCUT2D eigenvalue weighted by molar-refractivity contribution is 7.00. The Morgan fingerprint density at radius 1 is 1.11 bits per heavy atom. The molecule has 2 N–H and O–H groups in total. The minimum atomic E-state index is -0.665. The first-order valence-electron chi connectivity index (χ1n) is 11.3. The van der Waals surface area contributed by atoms with Gasteiger partial charge in [-0.1, -0.05) is 0 Å². The van der Waals surface area contributed by atoms with Crippen molar-refractivity contribution in [3.8, 4) is 6.07 Å². The quantitative estimate of drug-likeness (QED) is 0.438. The van der Waals surface area contributed by atoms with Gasteiger partial charge in [0.1, 0.15) is 22.7 Å². The lowest BCUT2D eigenvalue weighted by atomic mass is 10.1. The van der Waals surface area contributed by atoms with Gasteiger partial charge in [0.25, 0.3) is 5.56 Å². The standard InChI is InChI=1S/C24H21F2N7O2S/c25-17-4-3-15(10-27)16(8-17)12-32-21(31-5-1-2-18(28)13-31)9-22(34)33(24(32)35)11-14-6-19(26)23-20(7-14)29-36-30-23/h3-4,6-9,18H,1-2,5,11-13,28H2/t18-/m1/s1. The number of fused-ring (bicyclic) bond motifs is 1. The summed E-state index contributed by atoms with van der Waals surface area (Å²) in [5, 5.41) is 9.51. The van der Waals surface area contributed by atoms with E-state index in [1.54, 1.807) is 6.07 Å². The van der Waals surface area contributed by atoms with Gasteiger partial charge in [0, 0.05) is 25.2 Å². The molecule has 36 heavy (non-hydrogen) atoms. The first kappa shape index (κ1) is 23.8. The SMILES string of the molecule is N#Cc1ccc(F)cc1Cn1c(N2CCC[C@@H](N)C2)cc(=O)n(Cc2cc(F)c3nsnc3c2)c1=O. The number of nitriles is 1. The van der Waals surface area contributed by atoms with E-state index in [4.69, 9.17) is 5.73 Å². The third-order valence-electron chi connectivity index (χ3n) is 6.27. The summed E-state index contributed by atoms with van der Waals surface area (Å²) >= 11 is 0.867. The second-order valence-corrected chi connectivity index (χ2v) is 9.30. The van der Waals surface area contributed by atoms with Crippen molar-refractivity contribution in [3.05, 3.63) is 85.6 Å². The first-order chi connectivity index (χ1) is 17.3. The van der Waals surface area contributed by atoms with E-state index < -0.39 is 22.9 Å². The zero-order valence-corrected chi connectivity index (χ0v) is 19.8.